The molecule has 0 saturated carbocycles. The molecule has 2 aromatic carbocycles. The lowest BCUT2D eigenvalue weighted by molar-refractivity contribution is 0.0956. The molecule has 24 heavy (non-hydrogen) atoms. The van der Waals surface area contributed by atoms with Gasteiger partial charge in [-0.05, 0) is 25.1 Å². The molecule has 0 fully saturated rings. The summed E-state index contributed by atoms with van der Waals surface area (Å²) in [6.45, 7) is 1.85. The van der Waals surface area contributed by atoms with Gasteiger partial charge in [0.15, 0.2) is 0 Å². The Bertz CT molecular complexity index is 954. The van der Waals surface area contributed by atoms with Gasteiger partial charge in [-0.15, -0.1) is 0 Å². The first-order valence-electron chi connectivity index (χ1n) is 7.20. The first-order chi connectivity index (χ1) is 11.6. The Morgan fingerprint density at radius 2 is 1.96 bits per heavy atom. The molecular weight excluding hydrogens is 345 g/mol. The molecule has 4 nitrogen and oxygen atoms in total. The monoisotopic (exact) mass is 357 g/mol. The number of halogens is 2. The van der Waals surface area contributed by atoms with Crippen LogP contribution in [0.4, 0.5) is 0 Å². The fourth-order valence-corrected chi connectivity index (χ4v) is 2.69. The third-order valence-electron chi connectivity index (χ3n) is 3.44. The van der Waals surface area contributed by atoms with Crippen LogP contribution in [0.1, 0.15) is 21.6 Å². The van der Waals surface area contributed by atoms with Crippen molar-refractivity contribution in [2.45, 2.75) is 6.92 Å². The van der Waals surface area contributed by atoms with Crippen LogP contribution in [0.5, 0.6) is 0 Å². The number of aryl methyl sites for hydroxylation is 1. The van der Waals surface area contributed by atoms with Gasteiger partial charge in [-0.25, -0.2) is 5.43 Å². The predicted molar refractivity (Wildman–Crippen MR) is 98.0 cm³/mol. The van der Waals surface area contributed by atoms with Crippen molar-refractivity contribution in [2.24, 2.45) is 5.10 Å². The number of hydrogen-bond donors (Lipinski definition) is 1. The summed E-state index contributed by atoms with van der Waals surface area (Å²) in [7, 11) is 0. The van der Waals surface area contributed by atoms with Crippen LogP contribution < -0.4 is 5.43 Å². The van der Waals surface area contributed by atoms with E-state index in [9.17, 15) is 4.79 Å². The molecule has 0 saturated heterocycles. The maximum atomic E-state index is 12.4. The molecule has 3 rings (SSSR count). The summed E-state index contributed by atoms with van der Waals surface area (Å²) in [5.41, 5.74) is 5.19. The molecule has 1 heterocycles. The second-order valence-corrected chi connectivity index (χ2v) is 5.96. The number of nitrogens with zero attached hydrogens (tertiary/aromatic N) is 2. The van der Waals surface area contributed by atoms with Crippen molar-refractivity contribution in [3.05, 3.63) is 75.4 Å². The van der Waals surface area contributed by atoms with Gasteiger partial charge in [0.25, 0.3) is 5.91 Å². The van der Waals surface area contributed by atoms with Crippen molar-refractivity contribution in [2.75, 3.05) is 0 Å². The topological polar surface area (TPSA) is 54.4 Å². The Kier molecular flexibility index (Phi) is 4.79. The van der Waals surface area contributed by atoms with E-state index in [1.54, 1.807) is 24.3 Å². The van der Waals surface area contributed by atoms with Gasteiger partial charge in [-0.2, -0.15) is 5.10 Å². The minimum Gasteiger partial charge on any atom is -0.267 e. The number of para-hydroxylation sites is 1. The molecule has 0 spiro atoms. The van der Waals surface area contributed by atoms with Crippen LogP contribution in [-0.4, -0.2) is 17.1 Å². The fraction of sp³-hybridized carbons (Fsp3) is 0.0556. The highest BCUT2D eigenvalue weighted by atomic mass is 35.5. The Balaban J connectivity index is 1.86. The van der Waals surface area contributed by atoms with E-state index in [1.165, 1.54) is 6.21 Å². The fourth-order valence-electron chi connectivity index (χ4n) is 2.34. The number of carbonyl (C=O) groups excluding carboxylic acids is 1. The maximum absolute atomic E-state index is 12.4. The number of rotatable bonds is 3. The SMILES string of the molecule is Cc1cc(C(=O)NN=Cc2cccc(Cl)c2Cl)c2ccccc2n1. The van der Waals surface area contributed by atoms with E-state index in [2.05, 4.69) is 15.5 Å². The Labute approximate surface area is 149 Å². The molecule has 0 atom stereocenters. The largest absolute Gasteiger partial charge is 0.272 e. The van der Waals surface area contributed by atoms with Crippen LogP contribution >= 0.6 is 23.2 Å². The van der Waals surface area contributed by atoms with Crippen LogP contribution in [0, 0.1) is 6.92 Å². The molecule has 0 radical (unpaired) electrons. The summed E-state index contributed by atoms with van der Waals surface area (Å²) in [6.07, 6.45) is 1.46. The first-order valence-corrected chi connectivity index (χ1v) is 7.95. The highest BCUT2D eigenvalue weighted by Gasteiger charge is 2.11. The minimum absolute atomic E-state index is 0.314. The number of nitrogens with one attached hydrogen (secondary N) is 1. The summed E-state index contributed by atoms with van der Waals surface area (Å²) < 4.78 is 0. The number of benzene rings is 2. The van der Waals surface area contributed by atoms with E-state index in [0.29, 0.717) is 21.2 Å². The van der Waals surface area contributed by atoms with Gasteiger partial charge in [0, 0.05) is 16.6 Å². The lowest BCUT2D eigenvalue weighted by Crippen LogP contribution is -2.18. The quantitative estimate of drug-likeness (QED) is 0.549. The average Bonchev–Trinajstić information content (AvgIpc) is 2.57. The third kappa shape index (κ3) is 3.40. The number of hydrazone groups is 1. The lowest BCUT2D eigenvalue weighted by Gasteiger charge is -2.06. The Morgan fingerprint density at radius 1 is 1.17 bits per heavy atom. The molecule has 0 aliphatic rings. The van der Waals surface area contributed by atoms with Gasteiger partial charge in [0.2, 0.25) is 0 Å². The van der Waals surface area contributed by atoms with E-state index in [-0.39, 0.29) is 5.91 Å². The third-order valence-corrected chi connectivity index (χ3v) is 4.27. The van der Waals surface area contributed by atoms with Crippen molar-refractivity contribution in [3.63, 3.8) is 0 Å². The Hall–Kier alpha value is -2.43. The van der Waals surface area contributed by atoms with Gasteiger partial charge < -0.3 is 0 Å². The Morgan fingerprint density at radius 3 is 2.79 bits per heavy atom. The zero-order valence-corrected chi connectivity index (χ0v) is 14.3. The van der Waals surface area contributed by atoms with Crippen molar-refractivity contribution in [1.29, 1.82) is 0 Å². The summed E-state index contributed by atoms with van der Waals surface area (Å²) in [5, 5.41) is 5.57. The molecule has 0 aliphatic heterocycles. The second-order valence-electron chi connectivity index (χ2n) is 5.17. The number of hydrogen-bond acceptors (Lipinski definition) is 3. The van der Waals surface area contributed by atoms with Gasteiger partial charge in [-0.3, -0.25) is 9.78 Å². The standard InChI is InChI=1S/C18H13Cl2N3O/c1-11-9-14(13-6-2-3-8-16(13)22-11)18(24)23-21-10-12-5-4-7-15(19)17(12)20/h2-10H,1H3,(H,23,24). The molecular formula is C18H13Cl2N3O. The van der Waals surface area contributed by atoms with Crippen LogP contribution in [0.2, 0.25) is 10.0 Å². The molecule has 120 valence electrons. The molecule has 0 aliphatic carbocycles. The highest BCUT2D eigenvalue weighted by molar-refractivity contribution is 6.43. The number of pyridine rings is 1. The van der Waals surface area contributed by atoms with Crippen molar-refractivity contribution < 1.29 is 4.79 Å². The minimum atomic E-state index is -0.314. The number of fused-ring (bicyclic) bond motifs is 1. The summed E-state index contributed by atoms with van der Waals surface area (Å²) >= 11 is 12.0. The zero-order valence-electron chi connectivity index (χ0n) is 12.8. The van der Waals surface area contributed by atoms with E-state index in [1.807, 2.05) is 31.2 Å². The smallest absolute Gasteiger partial charge is 0.267 e. The molecule has 0 bridgehead atoms. The number of amides is 1. The predicted octanol–water partition coefficient (Wildman–Crippen LogP) is 4.61. The van der Waals surface area contributed by atoms with Crippen LogP contribution in [-0.2, 0) is 0 Å². The second kappa shape index (κ2) is 6.99. The maximum Gasteiger partial charge on any atom is 0.272 e. The van der Waals surface area contributed by atoms with Gasteiger partial charge in [-0.1, -0.05) is 53.5 Å². The lowest BCUT2D eigenvalue weighted by atomic mass is 10.1. The van der Waals surface area contributed by atoms with Crippen molar-refractivity contribution in [1.82, 2.24) is 10.4 Å². The van der Waals surface area contributed by atoms with Crippen LogP contribution in [0.15, 0.2) is 53.6 Å². The average molecular weight is 358 g/mol. The highest BCUT2D eigenvalue weighted by Crippen LogP contribution is 2.24. The summed E-state index contributed by atoms with van der Waals surface area (Å²) in [4.78, 5) is 16.9. The first kappa shape index (κ1) is 16.4. The molecule has 3 aromatic rings. The summed E-state index contributed by atoms with van der Waals surface area (Å²) in [6, 6.07) is 14.4. The number of aromatic nitrogens is 1. The van der Waals surface area contributed by atoms with E-state index in [0.717, 1.165) is 16.6 Å². The molecule has 1 aromatic heterocycles. The summed E-state index contributed by atoms with van der Waals surface area (Å²) in [5.74, 6) is -0.314. The molecule has 0 unspecified atom stereocenters. The molecule has 1 amide bonds. The van der Waals surface area contributed by atoms with Gasteiger partial charge in [0.05, 0.1) is 27.3 Å². The molecule has 6 heteroatoms. The number of carbonyl (C=O) groups is 1. The van der Waals surface area contributed by atoms with Crippen LogP contribution in [0.25, 0.3) is 10.9 Å². The van der Waals surface area contributed by atoms with Crippen molar-refractivity contribution >= 4 is 46.2 Å². The van der Waals surface area contributed by atoms with E-state index < -0.39 is 0 Å². The van der Waals surface area contributed by atoms with Crippen LogP contribution in [0.3, 0.4) is 0 Å². The van der Waals surface area contributed by atoms with Crippen molar-refractivity contribution in [3.8, 4) is 0 Å². The zero-order chi connectivity index (χ0) is 17.1. The normalized spacial score (nSPS) is 11.1. The van der Waals surface area contributed by atoms with E-state index in [4.69, 9.17) is 23.2 Å². The molecule has 1 N–H and O–H groups in total. The van der Waals surface area contributed by atoms with Gasteiger partial charge >= 0.3 is 0 Å². The van der Waals surface area contributed by atoms with E-state index >= 15 is 0 Å². The van der Waals surface area contributed by atoms with Gasteiger partial charge in [0.1, 0.15) is 0 Å².